The molecule has 4 fully saturated rings. The Morgan fingerprint density at radius 3 is 1.88 bits per heavy atom. The molecule has 0 heterocycles. The van der Waals surface area contributed by atoms with Gasteiger partial charge in [0.05, 0.1) is 0 Å². The molecule has 4 saturated carbocycles. The lowest BCUT2D eigenvalue weighted by Crippen LogP contribution is -2.52. The first kappa shape index (κ1) is 10.1. The highest BCUT2D eigenvalue weighted by Crippen LogP contribution is 2.56. The van der Waals surface area contributed by atoms with E-state index in [-0.39, 0.29) is 11.8 Å². The number of rotatable bonds is 1. The predicted molar refractivity (Wildman–Crippen MR) is 58.3 cm³/mol. The van der Waals surface area contributed by atoms with E-state index >= 15 is 0 Å². The third kappa shape index (κ3) is 1.51. The Kier molecular flexibility index (Phi) is 2.19. The van der Waals surface area contributed by atoms with Crippen LogP contribution in [0.3, 0.4) is 0 Å². The number of nitrogens with one attached hydrogen (secondary N) is 1. The first-order valence-electron chi connectivity index (χ1n) is 6.23. The first-order chi connectivity index (χ1) is 7.63. The molecule has 0 aromatic rings. The highest BCUT2D eigenvalue weighted by Gasteiger charge is 2.50. The van der Waals surface area contributed by atoms with Gasteiger partial charge in [0.25, 0.3) is 0 Å². The van der Waals surface area contributed by atoms with Crippen LogP contribution in [0.4, 0.5) is 4.79 Å². The molecule has 4 heteroatoms. The Bertz CT molecular complexity index is 312. The molecule has 0 aromatic heterocycles. The van der Waals surface area contributed by atoms with E-state index in [2.05, 4.69) is 5.32 Å². The molecule has 3 N–H and O–H groups in total. The fraction of sp³-hybridized carbons (Fsp3) is 0.833. The summed E-state index contributed by atoms with van der Waals surface area (Å²) in [6, 6.07) is -0.709. The quantitative estimate of drug-likeness (QED) is 0.701. The molecular weight excluding hydrogens is 204 g/mol. The minimum Gasteiger partial charge on any atom is -0.351 e. The predicted octanol–water partition coefficient (Wildman–Crippen LogP) is 1.25. The summed E-state index contributed by atoms with van der Waals surface area (Å²) in [5, 5.41) is 2.27. The van der Waals surface area contributed by atoms with Crippen molar-refractivity contribution in [2.75, 3.05) is 0 Å². The summed E-state index contributed by atoms with van der Waals surface area (Å²) < 4.78 is 0. The van der Waals surface area contributed by atoms with Crippen LogP contribution in [0, 0.1) is 29.6 Å². The van der Waals surface area contributed by atoms with Crippen molar-refractivity contribution in [2.45, 2.75) is 32.1 Å². The molecule has 4 bridgehead atoms. The molecule has 0 atom stereocenters. The Morgan fingerprint density at radius 1 is 0.938 bits per heavy atom. The van der Waals surface area contributed by atoms with Crippen molar-refractivity contribution in [1.82, 2.24) is 5.32 Å². The van der Waals surface area contributed by atoms with E-state index < -0.39 is 6.03 Å². The zero-order valence-electron chi connectivity index (χ0n) is 9.32. The molecule has 0 radical (unpaired) electrons. The molecular formula is C12H18N2O2. The Labute approximate surface area is 94.9 Å². The number of carbonyl (C=O) groups is 2. The number of carbonyl (C=O) groups excluding carboxylic acids is 2. The molecule has 0 unspecified atom stereocenters. The van der Waals surface area contributed by atoms with Crippen molar-refractivity contribution in [3.05, 3.63) is 0 Å². The Morgan fingerprint density at radius 2 is 1.44 bits per heavy atom. The van der Waals surface area contributed by atoms with Crippen molar-refractivity contribution in [1.29, 1.82) is 0 Å². The zero-order valence-corrected chi connectivity index (χ0v) is 9.32. The van der Waals surface area contributed by atoms with Crippen molar-refractivity contribution < 1.29 is 9.59 Å². The zero-order chi connectivity index (χ0) is 11.3. The van der Waals surface area contributed by atoms with Gasteiger partial charge in [0.15, 0.2) is 0 Å². The number of hydrogen-bond donors (Lipinski definition) is 2. The van der Waals surface area contributed by atoms with Crippen LogP contribution in [0.1, 0.15) is 32.1 Å². The molecule has 88 valence electrons. The molecule has 0 saturated heterocycles. The van der Waals surface area contributed by atoms with Gasteiger partial charge in [-0.05, 0) is 55.8 Å². The lowest BCUT2D eigenvalue weighted by atomic mass is 9.51. The van der Waals surface area contributed by atoms with Crippen LogP contribution in [0.5, 0.6) is 0 Å². The molecule has 4 nitrogen and oxygen atoms in total. The van der Waals surface area contributed by atoms with Gasteiger partial charge in [-0.1, -0.05) is 0 Å². The molecule has 0 spiro atoms. The first-order valence-corrected chi connectivity index (χ1v) is 6.23. The number of primary amides is 1. The fourth-order valence-electron chi connectivity index (χ4n) is 4.56. The van der Waals surface area contributed by atoms with Crippen LogP contribution in [-0.2, 0) is 4.79 Å². The largest absolute Gasteiger partial charge is 0.351 e. The van der Waals surface area contributed by atoms with Gasteiger partial charge in [0.1, 0.15) is 0 Å². The smallest absolute Gasteiger partial charge is 0.318 e. The van der Waals surface area contributed by atoms with Crippen LogP contribution in [0.25, 0.3) is 0 Å². The molecule has 0 aromatic carbocycles. The van der Waals surface area contributed by atoms with Crippen LogP contribution in [-0.4, -0.2) is 11.9 Å². The lowest BCUT2D eigenvalue weighted by molar-refractivity contribution is -0.136. The normalized spacial score (nSPS) is 44.4. The molecule has 16 heavy (non-hydrogen) atoms. The Hall–Kier alpha value is -1.06. The monoisotopic (exact) mass is 222 g/mol. The van der Waals surface area contributed by atoms with E-state index in [0.29, 0.717) is 11.8 Å². The van der Waals surface area contributed by atoms with Gasteiger partial charge < -0.3 is 5.73 Å². The van der Waals surface area contributed by atoms with Gasteiger partial charge in [-0.25, -0.2) is 4.79 Å². The standard InChI is InChI=1S/C12H18N2O2/c13-12(16)14-11(15)10-8-2-6-1-7(4-8)5-9(10)3-6/h6-10H,1-5H2,(H3,13,14,15,16). The topological polar surface area (TPSA) is 72.2 Å². The van der Waals surface area contributed by atoms with Crippen molar-refractivity contribution in [3.8, 4) is 0 Å². The van der Waals surface area contributed by atoms with E-state index in [9.17, 15) is 9.59 Å². The summed E-state index contributed by atoms with van der Waals surface area (Å²) in [5.41, 5.74) is 5.02. The maximum absolute atomic E-state index is 11.9. The molecule has 4 rings (SSSR count). The average molecular weight is 222 g/mol. The van der Waals surface area contributed by atoms with Crippen LogP contribution < -0.4 is 11.1 Å². The van der Waals surface area contributed by atoms with Gasteiger partial charge in [-0.15, -0.1) is 0 Å². The van der Waals surface area contributed by atoms with Gasteiger partial charge in [-0.3, -0.25) is 10.1 Å². The number of amides is 3. The highest BCUT2D eigenvalue weighted by atomic mass is 16.2. The SMILES string of the molecule is NC(=O)NC(=O)C1C2CC3CC(C2)CC1C3. The maximum Gasteiger partial charge on any atom is 0.318 e. The second kappa shape index (κ2) is 3.47. The minimum atomic E-state index is -0.709. The van der Waals surface area contributed by atoms with E-state index in [1.54, 1.807) is 0 Å². The van der Waals surface area contributed by atoms with Crippen LogP contribution in [0.15, 0.2) is 0 Å². The van der Waals surface area contributed by atoms with E-state index in [0.717, 1.165) is 11.8 Å². The molecule has 4 aliphatic rings. The number of nitrogens with two attached hydrogens (primary N) is 1. The Balaban J connectivity index is 1.76. The summed E-state index contributed by atoms with van der Waals surface area (Å²) in [6.07, 6.45) is 6.11. The van der Waals surface area contributed by atoms with Gasteiger partial charge >= 0.3 is 6.03 Å². The second-order valence-electron chi connectivity index (χ2n) is 5.81. The van der Waals surface area contributed by atoms with Gasteiger partial charge in [0, 0.05) is 5.92 Å². The molecule has 4 aliphatic carbocycles. The van der Waals surface area contributed by atoms with E-state index in [1.807, 2.05) is 0 Å². The second-order valence-corrected chi connectivity index (χ2v) is 5.81. The summed E-state index contributed by atoms with van der Waals surface area (Å²) in [4.78, 5) is 22.7. The third-order valence-corrected chi connectivity index (χ3v) is 4.78. The van der Waals surface area contributed by atoms with Gasteiger partial charge in [0.2, 0.25) is 5.91 Å². The van der Waals surface area contributed by atoms with Crippen LogP contribution >= 0.6 is 0 Å². The summed E-state index contributed by atoms with van der Waals surface area (Å²) >= 11 is 0. The van der Waals surface area contributed by atoms with Crippen LogP contribution in [0.2, 0.25) is 0 Å². The maximum atomic E-state index is 11.9. The lowest BCUT2D eigenvalue weighted by Gasteiger charge is -2.53. The summed E-state index contributed by atoms with van der Waals surface area (Å²) in [6.45, 7) is 0. The van der Waals surface area contributed by atoms with Crippen molar-refractivity contribution >= 4 is 11.9 Å². The number of urea groups is 1. The molecule has 3 amide bonds. The van der Waals surface area contributed by atoms with E-state index in [4.69, 9.17) is 5.73 Å². The van der Waals surface area contributed by atoms with Crippen molar-refractivity contribution in [3.63, 3.8) is 0 Å². The van der Waals surface area contributed by atoms with Gasteiger partial charge in [-0.2, -0.15) is 0 Å². The molecule has 0 aliphatic heterocycles. The minimum absolute atomic E-state index is 0.0558. The highest BCUT2D eigenvalue weighted by molar-refractivity contribution is 5.95. The van der Waals surface area contributed by atoms with E-state index in [1.165, 1.54) is 32.1 Å². The van der Waals surface area contributed by atoms with Crippen molar-refractivity contribution in [2.24, 2.45) is 35.3 Å². The third-order valence-electron chi connectivity index (χ3n) is 4.78. The summed E-state index contributed by atoms with van der Waals surface area (Å²) in [5.74, 6) is 2.65. The fourth-order valence-corrected chi connectivity index (χ4v) is 4.56. The summed E-state index contributed by atoms with van der Waals surface area (Å²) in [7, 11) is 0. The average Bonchev–Trinajstić information content (AvgIpc) is 2.13. The number of imide groups is 1. The number of hydrogen-bond acceptors (Lipinski definition) is 2.